The van der Waals surface area contributed by atoms with Crippen molar-refractivity contribution in [3.8, 4) is 5.75 Å². The number of ketones is 1. The maximum absolute atomic E-state index is 12.6. The van der Waals surface area contributed by atoms with E-state index in [1.165, 1.54) is 37.1 Å². The van der Waals surface area contributed by atoms with Crippen molar-refractivity contribution in [3.05, 3.63) is 34.8 Å². The van der Waals surface area contributed by atoms with E-state index in [0.29, 0.717) is 30.3 Å². The van der Waals surface area contributed by atoms with Crippen molar-refractivity contribution in [2.24, 2.45) is 0 Å². The summed E-state index contributed by atoms with van der Waals surface area (Å²) in [5.41, 5.74) is 0.614. The van der Waals surface area contributed by atoms with Crippen LogP contribution in [0.15, 0.2) is 24.3 Å². The molecule has 8 heteroatoms. The van der Waals surface area contributed by atoms with Crippen LogP contribution in [0.25, 0.3) is 0 Å². The van der Waals surface area contributed by atoms with E-state index >= 15 is 0 Å². The van der Waals surface area contributed by atoms with Gasteiger partial charge in [0.25, 0.3) is 0 Å². The first-order valence-corrected chi connectivity index (χ1v) is 12.0. The Morgan fingerprint density at radius 1 is 1.00 bits per heavy atom. The highest BCUT2D eigenvalue weighted by molar-refractivity contribution is 7.15. The van der Waals surface area contributed by atoms with Gasteiger partial charge in [-0.2, -0.15) is 0 Å². The number of benzene rings is 1. The lowest BCUT2D eigenvalue weighted by molar-refractivity contribution is -0.131. The van der Waals surface area contributed by atoms with E-state index in [1.54, 1.807) is 42.7 Å². The molecule has 0 bridgehead atoms. The van der Waals surface area contributed by atoms with Crippen molar-refractivity contribution in [2.75, 3.05) is 38.2 Å². The normalized spacial score (nSPS) is 17.6. The monoisotopic (exact) mass is 442 g/mol. The lowest BCUT2D eigenvalue weighted by atomic mass is 9.90. The molecule has 1 aliphatic heterocycles. The minimum atomic E-state index is -0.0151. The van der Waals surface area contributed by atoms with Gasteiger partial charge in [0.1, 0.15) is 10.8 Å². The number of carbonyl (C=O) groups is 2. The van der Waals surface area contributed by atoms with Crippen LogP contribution in [0.5, 0.6) is 5.75 Å². The van der Waals surface area contributed by atoms with Crippen LogP contribution in [0.2, 0.25) is 0 Å². The lowest BCUT2D eigenvalue weighted by Crippen LogP contribution is -2.48. The summed E-state index contributed by atoms with van der Waals surface area (Å²) in [6.07, 6.45) is 6.85. The number of ether oxygens (including phenoxy) is 1. The number of nitrogens with zero attached hydrogens (tertiary/aromatic N) is 4. The van der Waals surface area contributed by atoms with Crippen molar-refractivity contribution in [1.82, 2.24) is 15.1 Å². The molecular weight excluding hydrogens is 412 g/mol. The molecule has 0 spiro atoms. The summed E-state index contributed by atoms with van der Waals surface area (Å²) in [6.45, 7) is 2.84. The minimum Gasteiger partial charge on any atom is -0.497 e. The molecule has 0 N–H and O–H groups in total. The zero-order valence-corrected chi connectivity index (χ0v) is 18.9. The van der Waals surface area contributed by atoms with E-state index in [9.17, 15) is 9.59 Å². The molecule has 4 rings (SSSR count). The van der Waals surface area contributed by atoms with Gasteiger partial charge in [-0.25, -0.2) is 0 Å². The number of Topliss-reactive ketones (excluding diaryl/α,β-unsaturated/α-hetero) is 1. The summed E-state index contributed by atoms with van der Waals surface area (Å²) in [5, 5.41) is 11.0. The van der Waals surface area contributed by atoms with Gasteiger partial charge in [0.05, 0.1) is 7.11 Å². The summed E-state index contributed by atoms with van der Waals surface area (Å²) in [4.78, 5) is 29.1. The number of methoxy groups -OCH3 is 1. The van der Waals surface area contributed by atoms with Crippen molar-refractivity contribution >= 4 is 28.2 Å². The molecule has 1 aromatic heterocycles. The quantitative estimate of drug-likeness (QED) is 0.605. The van der Waals surface area contributed by atoms with Gasteiger partial charge < -0.3 is 14.5 Å². The summed E-state index contributed by atoms with van der Waals surface area (Å²) >= 11 is 1.72. The van der Waals surface area contributed by atoms with Gasteiger partial charge in [0.15, 0.2) is 5.78 Å². The molecule has 2 heterocycles. The molecule has 7 nitrogen and oxygen atoms in total. The average Bonchev–Trinajstić information content (AvgIpc) is 3.33. The van der Waals surface area contributed by atoms with Gasteiger partial charge >= 0.3 is 0 Å². The van der Waals surface area contributed by atoms with Gasteiger partial charge in [-0.05, 0) is 37.1 Å². The highest BCUT2D eigenvalue weighted by Gasteiger charge is 2.25. The number of hydrogen-bond acceptors (Lipinski definition) is 7. The van der Waals surface area contributed by atoms with E-state index in [2.05, 4.69) is 15.1 Å². The number of anilines is 1. The predicted molar refractivity (Wildman–Crippen MR) is 121 cm³/mol. The molecule has 1 saturated carbocycles. The van der Waals surface area contributed by atoms with Crippen LogP contribution >= 0.6 is 11.3 Å². The molecule has 2 fully saturated rings. The maximum atomic E-state index is 12.6. The van der Waals surface area contributed by atoms with Gasteiger partial charge in [-0.15, -0.1) is 10.2 Å². The fraction of sp³-hybridized carbons (Fsp3) is 0.565. The average molecular weight is 443 g/mol. The fourth-order valence-corrected chi connectivity index (χ4v) is 5.38. The van der Waals surface area contributed by atoms with E-state index in [0.717, 1.165) is 18.2 Å². The van der Waals surface area contributed by atoms with Crippen LogP contribution < -0.4 is 9.64 Å². The zero-order chi connectivity index (χ0) is 21.6. The molecule has 2 aliphatic rings. The maximum Gasteiger partial charge on any atom is 0.223 e. The Labute approximate surface area is 187 Å². The summed E-state index contributed by atoms with van der Waals surface area (Å²) in [6, 6.07) is 7.02. The number of amides is 1. The van der Waals surface area contributed by atoms with Crippen LogP contribution in [0.1, 0.15) is 66.2 Å². The largest absolute Gasteiger partial charge is 0.497 e. The Morgan fingerprint density at radius 3 is 2.39 bits per heavy atom. The first-order chi connectivity index (χ1) is 15.1. The molecule has 31 heavy (non-hydrogen) atoms. The molecule has 2 aromatic rings. The zero-order valence-electron chi connectivity index (χ0n) is 18.1. The Morgan fingerprint density at radius 2 is 1.71 bits per heavy atom. The predicted octanol–water partition coefficient (Wildman–Crippen LogP) is 3.91. The second-order valence-electron chi connectivity index (χ2n) is 8.28. The Hall–Kier alpha value is -2.48. The van der Waals surface area contributed by atoms with Crippen molar-refractivity contribution in [1.29, 1.82) is 0 Å². The number of hydrogen-bond donors (Lipinski definition) is 0. The summed E-state index contributed by atoms with van der Waals surface area (Å²) in [7, 11) is 1.59. The molecule has 166 valence electrons. The van der Waals surface area contributed by atoms with Crippen LogP contribution in [0.3, 0.4) is 0 Å². The van der Waals surface area contributed by atoms with Gasteiger partial charge in [-0.3, -0.25) is 9.59 Å². The topological polar surface area (TPSA) is 75.6 Å². The molecular formula is C23H30N4O3S. The Balaban J connectivity index is 1.23. The standard InChI is InChI=1S/C23H30N4O3S/c1-30-19-9-7-17(8-10-19)20(28)11-12-21(29)26-13-15-27(16-14-26)23-25-24-22(31-23)18-5-3-2-4-6-18/h7-10,18H,2-6,11-16H2,1H3. The van der Waals surface area contributed by atoms with Gasteiger partial charge in [0.2, 0.25) is 11.0 Å². The first kappa shape index (κ1) is 21.7. The summed E-state index contributed by atoms with van der Waals surface area (Å²) < 4.78 is 5.12. The number of aromatic nitrogens is 2. The van der Waals surface area contributed by atoms with Crippen molar-refractivity contribution in [2.45, 2.75) is 50.9 Å². The second kappa shape index (κ2) is 10.2. The molecule has 1 amide bonds. The van der Waals surface area contributed by atoms with Crippen LogP contribution in [-0.2, 0) is 4.79 Å². The highest BCUT2D eigenvalue weighted by atomic mass is 32.1. The minimum absolute atomic E-state index is 0.0151. The number of piperazine rings is 1. The fourth-order valence-electron chi connectivity index (χ4n) is 4.32. The Kier molecular flexibility index (Phi) is 7.17. The summed E-state index contributed by atoms with van der Waals surface area (Å²) in [5.74, 6) is 1.32. The van der Waals surface area contributed by atoms with Crippen molar-refractivity contribution < 1.29 is 14.3 Å². The third-order valence-electron chi connectivity index (χ3n) is 6.27. The third-order valence-corrected chi connectivity index (χ3v) is 7.41. The lowest BCUT2D eigenvalue weighted by Gasteiger charge is -2.34. The van der Waals surface area contributed by atoms with E-state index < -0.39 is 0 Å². The third kappa shape index (κ3) is 5.42. The molecule has 0 radical (unpaired) electrons. The van der Waals surface area contributed by atoms with Gasteiger partial charge in [-0.1, -0.05) is 30.6 Å². The van der Waals surface area contributed by atoms with E-state index in [4.69, 9.17) is 4.74 Å². The number of rotatable bonds is 7. The van der Waals surface area contributed by atoms with E-state index in [1.807, 2.05) is 4.90 Å². The van der Waals surface area contributed by atoms with Crippen LogP contribution in [-0.4, -0.2) is 60.1 Å². The van der Waals surface area contributed by atoms with Crippen molar-refractivity contribution in [3.63, 3.8) is 0 Å². The van der Waals surface area contributed by atoms with Gasteiger partial charge in [0, 0.05) is 50.5 Å². The molecule has 1 aliphatic carbocycles. The highest BCUT2D eigenvalue weighted by Crippen LogP contribution is 2.36. The Bertz CT molecular complexity index is 884. The molecule has 0 atom stereocenters. The van der Waals surface area contributed by atoms with Crippen LogP contribution in [0, 0.1) is 0 Å². The first-order valence-electron chi connectivity index (χ1n) is 11.2. The smallest absolute Gasteiger partial charge is 0.223 e. The van der Waals surface area contributed by atoms with Crippen LogP contribution in [0.4, 0.5) is 5.13 Å². The number of carbonyl (C=O) groups excluding carboxylic acids is 2. The second-order valence-corrected chi connectivity index (χ2v) is 9.26. The SMILES string of the molecule is COc1ccc(C(=O)CCC(=O)N2CCN(c3nnc(C4CCCCC4)s3)CC2)cc1. The molecule has 1 saturated heterocycles. The molecule has 1 aromatic carbocycles. The van der Waals surface area contributed by atoms with E-state index in [-0.39, 0.29) is 24.5 Å². The molecule has 0 unspecified atom stereocenters.